The molecular weight excluding hydrogens is 159 g/mol. The van der Waals surface area contributed by atoms with Gasteiger partial charge in [-0.1, -0.05) is 0 Å². The van der Waals surface area contributed by atoms with Crippen LogP contribution in [-0.2, 0) is 27.5 Å². The van der Waals surface area contributed by atoms with Crippen LogP contribution in [0.4, 0.5) is 0 Å². The van der Waals surface area contributed by atoms with Crippen molar-refractivity contribution in [3.05, 3.63) is 0 Å². The van der Waals surface area contributed by atoms with Gasteiger partial charge in [0.1, 0.15) is 0 Å². The molecule has 0 saturated heterocycles. The quantitative estimate of drug-likeness (QED) is 0.370. The van der Waals surface area contributed by atoms with Gasteiger partial charge in [-0.25, -0.2) is 0 Å². The van der Waals surface area contributed by atoms with Crippen LogP contribution in [0.1, 0.15) is 0 Å². The Hall–Kier alpha value is 1.98. The van der Waals surface area contributed by atoms with Crippen LogP contribution in [0.2, 0.25) is 0 Å². The first kappa shape index (κ1) is 16.7. The summed E-state index contributed by atoms with van der Waals surface area (Å²) in [5.41, 5.74) is 0. The fourth-order valence-electron chi connectivity index (χ4n) is 0. The van der Waals surface area contributed by atoms with E-state index < -0.39 is 0 Å². The molecule has 0 aromatic carbocycles. The fourth-order valence-corrected chi connectivity index (χ4v) is 0. The molecule has 0 aliphatic rings. The molecule has 4 heteroatoms. The zero-order valence-corrected chi connectivity index (χ0v) is 3.37. The van der Waals surface area contributed by atoms with E-state index in [0.29, 0.717) is 24.7 Å². The van der Waals surface area contributed by atoms with Crippen LogP contribution in [0.3, 0.4) is 0 Å². The SMILES string of the molecule is [AlH3].[MgH2].[O]=[Zr]. The molecule has 0 rings (SSSR count). The Morgan fingerprint density at radius 1 is 1.25 bits per heavy atom. The molecule has 0 unspecified atom stereocenters. The zero-order valence-electron chi connectivity index (χ0n) is 0.908. The number of hydrogen-bond acceptors (Lipinski definition) is 1. The van der Waals surface area contributed by atoms with Gasteiger partial charge in [-0.2, -0.15) is 0 Å². The number of hydrogen-bond donors (Lipinski definition) is 0. The molecule has 0 saturated carbocycles. The van der Waals surface area contributed by atoms with Gasteiger partial charge in [0.15, 0.2) is 17.4 Å². The van der Waals surface area contributed by atoms with Gasteiger partial charge in [0.05, 0.1) is 0 Å². The van der Waals surface area contributed by atoms with E-state index in [1.54, 1.807) is 0 Å². The normalized spacial score (nSPS) is 0.750. The summed E-state index contributed by atoms with van der Waals surface area (Å²) in [6, 6.07) is 0. The van der Waals surface area contributed by atoms with Crippen molar-refractivity contribution in [2.24, 2.45) is 0 Å². The third-order valence-electron chi connectivity index (χ3n) is 0. The van der Waals surface area contributed by atoms with Gasteiger partial charge < -0.3 is 0 Å². The van der Waals surface area contributed by atoms with Gasteiger partial charge >= 0.3 is 50.6 Å². The van der Waals surface area contributed by atoms with Crippen molar-refractivity contribution in [1.82, 2.24) is 0 Å². The van der Waals surface area contributed by atoms with Crippen molar-refractivity contribution in [2.75, 3.05) is 0 Å². The van der Waals surface area contributed by atoms with Gasteiger partial charge in [0, 0.05) is 0 Å². The fraction of sp³-hybridized carbons (Fsp3) is 0. The molecule has 0 N–H and O–H groups in total. The van der Waals surface area contributed by atoms with Crippen molar-refractivity contribution < 1.29 is 27.5 Å². The second-order valence-corrected chi connectivity index (χ2v) is 0. The van der Waals surface area contributed by atoms with Gasteiger partial charge in [0.25, 0.3) is 0 Å². The van der Waals surface area contributed by atoms with Gasteiger partial charge in [-0.3, -0.25) is 0 Å². The Bertz CT molecular complexity index is 8.00. The molecule has 4 heavy (non-hydrogen) atoms. The van der Waals surface area contributed by atoms with E-state index in [2.05, 4.69) is 0 Å². The van der Waals surface area contributed by atoms with Crippen molar-refractivity contribution in [2.45, 2.75) is 0 Å². The molecule has 0 radical (unpaired) electrons. The predicted molar refractivity (Wildman–Crippen MR) is 19.2 cm³/mol. The summed E-state index contributed by atoms with van der Waals surface area (Å²) in [6.45, 7) is 0. The van der Waals surface area contributed by atoms with E-state index in [-0.39, 0.29) is 40.4 Å². The molecule has 0 fully saturated rings. The van der Waals surface area contributed by atoms with Crippen LogP contribution in [0.25, 0.3) is 0 Å². The third kappa shape index (κ3) is 9.01. The third-order valence-corrected chi connectivity index (χ3v) is 0. The van der Waals surface area contributed by atoms with Gasteiger partial charge in [0.2, 0.25) is 0 Å². The monoisotopic (exact) mass is 162 g/mol. The standard InChI is InChI=1S/Al.Mg.O.Zr.5H. The molecule has 0 aromatic heterocycles. The van der Waals surface area contributed by atoms with E-state index in [1.165, 1.54) is 0 Å². The van der Waals surface area contributed by atoms with Crippen LogP contribution in [0.5, 0.6) is 0 Å². The summed E-state index contributed by atoms with van der Waals surface area (Å²) in [4.78, 5) is 0. The second kappa shape index (κ2) is 20.1. The Kier molecular flexibility index (Phi) is 83.9. The van der Waals surface area contributed by atoms with E-state index in [4.69, 9.17) is 2.81 Å². The van der Waals surface area contributed by atoms with Crippen molar-refractivity contribution in [3.63, 3.8) is 0 Å². The van der Waals surface area contributed by atoms with Crippen LogP contribution in [0.15, 0.2) is 0 Å². The molecule has 0 heterocycles. The van der Waals surface area contributed by atoms with E-state index in [9.17, 15) is 0 Å². The van der Waals surface area contributed by atoms with Crippen molar-refractivity contribution in [3.8, 4) is 0 Å². The van der Waals surface area contributed by atoms with Gasteiger partial charge in [-0.05, 0) is 0 Å². The van der Waals surface area contributed by atoms with Crippen molar-refractivity contribution in [1.29, 1.82) is 0 Å². The Labute approximate surface area is 67.1 Å². The second-order valence-electron chi connectivity index (χ2n) is 0. The summed E-state index contributed by atoms with van der Waals surface area (Å²) < 4.78 is 8.34. The summed E-state index contributed by atoms with van der Waals surface area (Å²) in [5, 5.41) is 0. The van der Waals surface area contributed by atoms with E-state index in [0.717, 1.165) is 0 Å². The van der Waals surface area contributed by atoms with Crippen molar-refractivity contribution >= 4 is 40.4 Å². The first-order chi connectivity index (χ1) is 1.00. The van der Waals surface area contributed by atoms with Crippen LogP contribution >= 0.6 is 0 Å². The molecule has 1 nitrogen and oxygen atoms in total. The average Bonchev–Trinajstić information content (AvgIpc) is 1.00. The summed E-state index contributed by atoms with van der Waals surface area (Å²) in [6.07, 6.45) is 0. The Morgan fingerprint density at radius 3 is 1.25 bits per heavy atom. The molecule has 0 aliphatic heterocycles. The van der Waals surface area contributed by atoms with Crippen LogP contribution in [-0.4, -0.2) is 40.4 Å². The topological polar surface area (TPSA) is 17.1 Å². The summed E-state index contributed by atoms with van der Waals surface area (Å²) in [7, 11) is 0. The first-order valence-corrected chi connectivity index (χ1v) is 1.21. The minimum absolute atomic E-state index is 0. The van der Waals surface area contributed by atoms with E-state index in [1.807, 2.05) is 0 Å². The Balaban J connectivity index is -0.00000000500. The minimum atomic E-state index is 0. The molecular formula is H5AlMgOZr. The summed E-state index contributed by atoms with van der Waals surface area (Å²) >= 11 is 0.300. The number of rotatable bonds is 0. The molecule has 0 aliphatic carbocycles. The van der Waals surface area contributed by atoms with Crippen LogP contribution < -0.4 is 0 Å². The average molecular weight is 164 g/mol. The van der Waals surface area contributed by atoms with Crippen LogP contribution in [0, 0.1) is 0 Å². The molecule has 0 aromatic rings. The zero-order chi connectivity index (χ0) is 2.00. The Morgan fingerprint density at radius 2 is 1.25 bits per heavy atom. The molecule has 0 amide bonds. The first-order valence-electron chi connectivity index (χ1n) is 0.204. The summed E-state index contributed by atoms with van der Waals surface area (Å²) in [5.74, 6) is 0. The maximum absolute atomic E-state index is 8.34. The molecule has 0 spiro atoms. The molecule has 20 valence electrons. The van der Waals surface area contributed by atoms with Gasteiger partial charge in [-0.15, -0.1) is 0 Å². The predicted octanol–water partition coefficient (Wildman–Crippen LogP) is -2.22. The molecule has 0 atom stereocenters. The molecule has 0 bridgehead atoms. The maximum atomic E-state index is 8.34. The van der Waals surface area contributed by atoms with E-state index >= 15 is 0 Å².